The number of ether oxygens (including phenoxy) is 3. The molecule has 2 heterocycles. The van der Waals surface area contributed by atoms with Gasteiger partial charge in [-0.05, 0) is 24.3 Å². The lowest BCUT2D eigenvalue weighted by atomic mass is 10.1. The van der Waals surface area contributed by atoms with Crippen LogP contribution >= 0.6 is 0 Å². The number of phenolic OH excluding ortho intramolecular Hbond substituents is 2. The molecule has 2 N–H and O–H groups in total. The molecule has 4 rings (SSSR count). The number of rotatable bonds is 3. The van der Waals surface area contributed by atoms with Gasteiger partial charge < -0.3 is 33.7 Å². The van der Waals surface area contributed by atoms with Crippen LogP contribution < -0.4 is 14.9 Å². The summed E-state index contributed by atoms with van der Waals surface area (Å²) in [5, 5.41) is 20.1. The van der Waals surface area contributed by atoms with Crippen molar-refractivity contribution in [1.29, 1.82) is 0 Å². The first-order valence-electron chi connectivity index (χ1n) is 9.69. The molecule has 1 amide bonds. The highest BCUT2D eigenvalue weighted by atomic mass is 16.6. The Morgan fingerprint density at radius 2 is 1.72 bits per heavy atom. The van der Waals surface area contributed by atoms with Crippen LogP contribution in [0.25, 0.3) is 22.3 Å². The maximum absolute atomic E-state index is 12.6. The number of hydrogen-bond donors (Lipinski definition) is 2. The second-order valence-electron chi connectivity index (χ2n) is 7.01. The third-order valence-electron chi connectivity index (χ3n) is 4.79. The van der Waals surface area contributed by atoms with Crippen molar-refractivity contribution < 1.29 is 38.4 Å². The SMILES string of the molecule is CC(=O)Oc1c(O)cc2oc(-c3ccc(OC(=O)N4CCOCC4)cc3)cc(=O)c2c1O. The molecule has 0 bridgehead atoms. The molecule has 3 aromatic rings. The Hall–Kier alpha value is -4.05. The zero-order chi connectivity index (χ0) is 22.8. The minimum atomic E-state index is -0.773. The standard InChI is InChI=1S/C22H19NO9/c1-12(24)30-21-16(26)11-18-19(20(21)27)15(25)10-17(32-18)13-2-4-14(5-3-13)31-22(28)23-6-8-29-9-7-23/h2-5,10-11,26-27H,6-9H2,1H3. The Balaban J connectivity index is 1.61. The monoisotopic (exact) mass is 441 g/mol. The van der Waals surface area contributed by atoms with Gasteiger partial charge in [-0.2, -0.15) is 0 Å². The first-order valence-corrected chi connectivity index (χ1v) is 9.69. The van der Waals surface area contributed by atoms with Crippen LogP contribution in [-0.4, -0.2) is 53.5 Å². The normalized spacial score (nSPS) is 13.7. The highest BCUT2D eigenvalue weighted by molar-refractivity contribution is 5.90. The molecule has 32 heavy (non-hydrogen) atoms. The van der Waals surface area contributed by atoms with E-state index in [4.69, 9.17) is 18.6 Å². The highest BCUT2D eigenvalue weighted by Gasteiger charge is 2.21. The van der Waals surface area contributed by atoms with E-state index >= 15 is 0 Å². The van der Waals surface area contributed by atoms with Crippen LogP contribution in [0.1, 0.15) is 6.92 Å². The van der Waals surface area contributed by atoms with E-state index in [1.54, 1.807) is 29.2 Å². The second-order valence-corrected chi connectivity index (χ2v) is 7.01. The summed E-state index contributed by atoms with van der Waals surface area (Å²) in [5.41, 5.74) is -0.200. The van der Waals surface area contributed by atoms with E-state index in [2.05, 4.69) is 0 Å². The van der Waals surface area contributed by atoms with Gasteiger partial charge >= 0.3 is 12.1 Å². The fourth-order valence-electron chi connectivity index (χ4n) is 3.26. The molecule has 0 unspecified atom stereocenters. The maximum atomic E-state index is 12.6. The summed E-state index contributed by atoms with van der Waals surface area (Å²) < 4.78 is 21.0. The third-order valence-corrected chi connectivity index (χ3v) is 4.79. The van der Waals surface area contributed by atoms with E-state index in [0.717, 1.165) is 19.1 Å². The van der Waals surface area contributed by atoms with Crippen LogP contribution in [-0.2, 0) is 9.53 Å². The van der Waals surface area contributed by atoms with Gasteiger partial charge in [0.2, 0.25) is 5.75 Å². The van der Waals surface area contributed by atoms with Gasteiger partial charge in [-0.3, -0.25) is 9.59 Å². The fourth-order valence-corrected chi connectivity index (χ4v) is 3.26. The van der Waals surface area contributed by atoms with Gasteiger partial charge in [-0.1, -0.05) is 0 Å². The first-order chi connectivity index (χ1) is 15.3. The summed E-state index contributed by atoms with van der Waals surface area (Å²) in [7, 11) is 0. The third kappa shape index (κ3) is 4.21. The van der Waals surface area contributed by atoms with Gasteiger partial charge in [0.15, 0.2) is 16.9 Å². The van der Waals surface area contributed by atoms with E-state index in [1.807, 2.05) is 0 Å². The first kappa shape index (κ1) is 21.2. The minimum Gasteiger partial charge on any atom is -0.504 e. The molecule has 1 fully saturated rings. The van der Waals surface area contributed by atoms with Gasteiger partial charge in [-0.25, -0.2) is 4.79 Å². The number of benzene rings is 2. The molecule has 1 saturated heterocycles. The zero-order valence-corrected chi connectivity index (χ0v) is 17.0. The van der Waals surface area contributed by atoms with E-state index < -0.39 is 34.7 Å². The van der Waals surface area contributed by atoms with Crippen LogP contribution in [0, 0.1) is 0 Å². The molecule has 1 aliphatic heterocycles. The molecule has 0 saturated carbocycles. The average molecular weight is 441 g/mol. The number of nitrogens with zero attached hydrogens (tertiary/aromatic N) is 1. The lowest BCUT2D eigenvalue weighted by molar-refractivity contribution is -0.132. The van der Waals surface area contributed by atoms with Crippen LogP contribution in [0.4, 0.5) is 4.79 Å². The van der Waals surface area contributed by atoms with Crippen molar-refractivity contribution in [2.45, 2.75) is 6.92 Å². The zero-order valence-electron chi connectivity index (χ0n) is 17.0. The van der Waals surface area contributed by atoms with Crippen LogP contribution in [0.5, 0.6) is 23.0 Å². The number of carbonyl (C=O) groups excluding carboxylic acids is 2. The summed E-state index contributed by atoms with van der Waals surface area (Å²) in [6.45, 7) is 2.93. The summed E-state index contributed by atoms with van der Waals surface area (Å²) in [5.74, 6) is -2.07. The maximum Gasteiger partial charge on any atom is 0.415 e. The quantitative estimate of drug-likeness (QED) is 0.464. The van der Waals surface area contributed by atoms with E-state index in [1.165, 1.54) is 0 Å². The van der Waals surface area contributed by atoms with Gasteiger partial charge in [-0.15, -0.1) is 0 Å². The molecule has 0 radical (unpaired) electrons. The van der Waals surface area contributed by atoms with E-state index in [0.29, 0.717) is 37.6 Å². The Bertz CT molecular complexity index is 1240. The molecule has 0 aliphatic carbocycles. The minimum absolute atomic E-state index is 0.0961. The molecule has 0 spiro atoms. The lowest BCUT2D eigenvalue weighted by Gasteiger charge is -2.25. The van der Waals surface area contributed by atoms with Crippen molar-refractivity contribution in [3.63, 3.8) is 0 Å². The van der Waals surface area contributed by atoms with Crippen molar-refractivity contribution in [2.75, 3.05) is 26.3 Å². The van der Waals surface area contributed by atoms with Gasteiger partial charge in [0.1, 0.15) is 22.5 Å². The summed E-state index contributed by atoms with van der Waals surface area (Å²) in [6.07, 6.45) is -0.479. The van der Waals surface area contributed by atoms with Crippen molar-refractivity contribution in [1.82, 2.24) is 4.90 Å². The Kier molecular flexibility index (Phi) is 5.69. The molecular weight excluding hydrogens is 422 g/mol. The molecule has 1 aliphatic rings. The molecule has 2 aromatic carbocycles. The number of fused-ring (bicyclic) bond motifs is 1. The van der Waals surface area contributed by atoms with Crippen molar-refractivity contribution >= 4 is 23.0 Å². The number of hydrogen-bond acceptors (Lipinski definition) is 9. The smallest absolute Gasteiger partial charge is 0.415 e. The van der Waals surface area contributed by atoms with E-state index in [-0.39, 0.29) is 16.7 Å². The molecule has 10 heteroatoms. The number of esters is 1. The molecule has 166 valence electrons. The van der Waals surface area contributed by atoms with Crippen LogP contribution in [0.3, 0.4) is 0 Å². The molecular formula is C22H19NO9. The number of morpholine rings is 1. The summed E-state index contributed by atoms with van der Waals surface area (Å²) in [4.78, 5) is 37.5. The topological polar surface area (TPSA) is 136 Å². The predicted octanol–water partition coefficient (Wildman–Crippen LogP) is 2.63. The van der Waals surface area contributed by atoms with Gasteiger partial charge in [0.25, 0.3) is 0 Å². The number of aromatic hydroxyl groups is 2. The van der Waals surface area contributed by atoms with Crippen LogP contribution in [0.2, 0.25) is 0 Å². The molecule has 10 nitrogen and oxygen atoms in total. The highest BCUT2D eigenvalue weighted by Crippen LogP contribution is 2.41. The summed E-state index contributed by atoms with van der Waals surface area (Å²) >= 11 is 0. The van der Waals surface area contributed by atoms with Crippen molar-refractivity contribution in [3.05, 3.63) is 46.6 Å². The average Bonchev–Trinajstić information content (AvgIpc) is 2.77. The predicted molar refractivity (Wildman–Crippen MR) is 111 cm³/mol. The van der Waals surface area contributed by atoms with Gasteiger partial charge in [0, 0.05) is 37.7 Å². The molecule has 0 atom stereocenters. The lowest BCUT2D eigenvalue weighted by Crippen LogP contribution is -2.42. The Morgan fingerprint density at radius 1 is 1.03 bits per heavy atom. The van der Waals surface area contributed by atoms with Crippen molar-refractivity contribution in [3.8, 4) is 34.3 Å². The van der Waals surface area contributed by atoms with Crippen molar-refractivity contribution in [2.24, 2.45) is 0 Å². The summed E-state index contributed by atoms with van der Waals surface area (Å²) in [6, 6.07) is 8.54. The Labute approximate surface area is 181 Å². The number of phenols is 2. The fraction of sp³-hybridized carbons (Fsp3) is 0.227. The number of carbonyl (C=O) groups is 2. The largest absolute Gasteiger partial charge is 0.504 e. The Morgan fingerprint density at radius 3 is 2.38 bits per heavy atom. The number of amides is 1. The van der Waals surface area contributed by atoms with E-state index in [9.17, 15) is 24.6 Å². The second kappa shape index (κ2) is 8.60. The molecule has 1 aromatic heterocycles. The van der Waals surface area contributed by atoms with Crippen LogP contribution in [0.15, 0.2) is 45.6 Å². The van der Waals surface area contributed by atoms with Gasteiger partial charge in [0.05, 0.1) is 13.2 Å².